The van der Waals surface area contributed by atoms with Gasteiger partial charge in [0, 0.05) is 17.1 Å². The van der Waals surface area contributed by atoms with Crippen LogP contribution in [-0.4, -0.2) is 27.9 Å². The fraction of sp³-hybridized carbons (Fsp3) is 0.222. The van der Waals surface area contributed by atoms with Gasteiger partial charge in [-0.05, 0) is 35.8 Å². The lowest BCUT2D eigenvalue weighted by molar-refractivity contribution is 0.121. The maximum absolute atomic E-state index is 12.9. The molecule has 2 rings (SSSR count). The van der Waals surface area contributed by atoms with Crippen LogP contribution in [0.15, 0.2) is 41.3 Å². The van der Waals surface area contributed by atoms with Gasteiger partial charge in [0.05, 0.1) is 23.3 Å². The van der Waals surface area contributed by atoms with Crippen LogP contribution in [0.3, 0.4) is 0 Å². The zero-order valence-corrected chi connectivity index (χ0v) is 13.5. The van der Waals surface area contributed by atoms with Crippen LogP contribution in [0, 0.1) is 0 Å². The molecule has 1 aromatic heterocycles. The molecule has 1 heterocycles. The Labute approximate surface area is 139 Å². The first-order valence-electron chi connectivity index (χ1n) is 7.26. The molecule has 23 heavy (non-hydrogen) atoms. The maximum Gasteiger partial charge on any atom is 0.195 e. The predicted octanol–water partition coefficient (Wildman–Crippen LogP) is 3.04. The molecule has 1 unspecified atom stereocenters. The number of hydrogen-bond acceptors (Lipinski definition) is 4. The molecule has 5 heteroatoms. The average Bonchev–Trinajstić information content (AvgIpc) is 2.69. The van der Waals surface area contributed by atoms with E-state index in [1.54, 1.807) is 30.4 Å². The molecule has 0 aliphatic heterocycles. The van der Waals surface area contributed by atoms with Crippen molar-refractivity contribution in [2.45, 2.75) is 19.4 Å². The Balaban J connectivity index is 2.86. The molecule has 120 valence electrons. The third kappa shape index (κ3) is 3.67. The smallest absolute Gasteiger partial charge is 0.195 e. The van der Waals surface area contributed by atoms with Gasteiger partial charge < -0.3 is 10.2 Å². The van der Waals surface area contributed by atoms with Gasteiger partial charge in [0.15, 0.2) is 5.43 Å². The SMILES string of the molecule is C=Cc1ccc2ncc(Cl)cc2c(=O)c1/C=C(\CC)C(O)CO. The van der Waals surface area contributed by atoms with E-state index >= 15 is 0 Å². The summed E-state index contributed by atoms with van der Waals surface area (Å²) in [6.45, 7) is 5.19. The Morgan fingerprint density at radius 2 is 2.22 bits per heavy atom. The van der Waals surface area contributed by atoms with Crippen molar-refractivity contribution >= 4 is 34.7 Å². The molecule has 0 aliphatic rings. The van der Waals surface area contributed by atoms with Crippen LogP contribution in [0.4, 0.5) is 0 Å². The number of aliphatic hydroxyl groups excluding tert-OH is 2. The fourth-order valence-corrected chi connectivity index (χ4v) is 2.52. The predicted molar refractivity (Wildman–Crippen MR) is 94.5 cm³/mol. The van der Waals surface area contributed by atoms with Crippen LogP contribution in [0.25, 0.3) is 23.1 Å². The molecule has 2 aromatic rings. The summed E-state index contributed by atoms with van der Waals surface area (Å²) in [6.07, 6.45) is 4.18. The van der Waals surface area contributed by atoms with Crippen molar-refractivity contribution in [2.75, 3.05) is 6.61 Å². The molecular formula is C18H18ClNO3. The highest BCUT2D eigenvalue weighted by Gasteiger charge is 2.12. The second kappa shape index (κ2) is 7.51. The minimum atomic E-state index is -1.00. The zero-order chi connectivity index (χ0) is 17.0. The van der Waals surface area contributed by atoms with Gasteiger partial charge in [-0.2, -0.15) is 0 Å². The molecule has 0 saturated heterocycles. The van der Waals surface area contributed by atoms with Crippen molar-refractivity contribution in [1.82, 2.24) is 4.98 Å². The van der Waals surface area contributed by atoms with E-state index in [0.29, 0.717) is 39.0 Å². The van der Waals surface area contributed by atoms with E-state index in [0.717, 1.165) is 0 Å². The first-order valence-corrected chi connectivity index (χ1v) is 7.64. The minimum Gasteiger partial charge on any atom is -0.393 e. The first kappa shape index (κ1) is 17.3. The number of pyridine rings is 1. The lowest BCUT2D eigenvalue weighted by Gasteiger charge is -2.10. The van der Waals surface area contributed by atoms with E-state index in [-0.39, 0.29) is 5.43 Å². The molecule has 1 atom stereocenters. The summed E-state index contributed by atoms with van der Waals surface area (Å²) < 4.78 is 0. The van der Waals surface area contributed by atoms with Gasteiger partial charge in [0.2, 0.25) is 0 Å². The molecule has 0 saturated carbocycles. The lowest BCUT2D eigenvalue weighted by Crippen LogP contribution is -2.15. The summed E-state index contributed by atoms with van der Waals surface area (Å²) >= 11 is 5.96. The van der Waals surface area contributed by atoms with E-state index in [2.05, 4.69) is 11.6 Å². The third-order valence-corrected chi connectivity index (χ3v) is 3.87. The summed E-state index contributed by atoms with van der Waals surface area (Å²) in [6, 6.07) is 5.06. The van der Waals surface area contributed by atoms with E-state index in [1.807, 2.05) is 6.92 Å². The van der Waals surface area contributed by atoms with Gasteiger partial charge in [-0.15, -0.1) is 0 Å². The Bertz CT molecular complexity index is 830. The van der Waals surface area contributed by atoms with Crippen molar-refractivity contribution in [3.05, 3.63) is 62.9 Å². The number of aliphatic hydroxyl groups is 2. The minimum absolute atomic E-state index is 0.244. The number of hydrogen-bond donors (Lipinski definition) is 2. The molecule has 0 bridgehead atoms. The monoisotopic (exact) mass is 331 g/mol. The summed E-state index contributed by atoms with van der Waals surface area (Å²) in [5.74, 6) is 0. The third-order valence-electron chi connectivity index (χ3n) is 3.67. The number of fused-ring (bicyclic) bond motifs is 1. The number of rotatable bonds is 5. The van der Waals surface area contributed by atoms with E-state index < -0.39 is 12.7 Å². The number of aromatic nitrogens is 1. The molecule has 2 N–H and O–H groups in total. The Morgan fingerprint density at radius 1 is 1.48 bits per heavy atom. The normalized spacial score (nSPS) is 13.1. The average molecular weight is 332 g/mol. The van der Waals surface area contributed by atoms with Crippen LogP contribution in [0.5, 0.6) is 0 Å². The highest BCUT2D eigenvalue weighted by molar-refractivity contribution is 6.31. The molecule has 4 nitrogen and oxygen atoms in total. The lowest BCUT2D eigenvalue weighted by atomic mass is 10.0. The first-order chi connectivity index (χ1) is 11.0. The van der Waals surface area contributed by atoms with Gasteiger partial charge in [0.1, 0.15) is 0 Å². The van der Waals surface area contributed by atoms with Crippen molar-refractivity contribution in [1.29, 1.82) is 0 Å². The van der Waals surface area contributed by atoms with Crippen LogP contribution >= 0.6 is 11.6 Å². The van der Waals surface area contributed by atoms with E-state index in [1.165, 1.54) is 6.20 Å². The van der Waals surface area contributed by atoms with E-state index in [4.69, 9.17) is 16.7 Å². The number of halogens is 1. The zero-order valence-electron chi connectivity index (χ0n) is 12.8. The molecular weight excluding hydrogens is 314 g/mol. The van der Waals surface area contributed by atoms with Gasteiger partial charge >= 0.3 is 0 Å². The highest BCUT2D eigenvalue weighted by Crippen LogP contribution is 2.19. The molecule has 0 fully saturated rings. The van der Waals surface area contributed by atoms with Crippen LogP contribution in [0.2, 0.25) is 5.02 Å². The van der Waals surface area contributed by atoms with E-state index in [9.17, 15) is 9.90 Å². The standard InChI is InChI=1S/C18H18ClNO3/c1-3-11-5-6-16-15(8-13(19)9-20-16)18(23)14(11)7-12(4-2)17(22)10-21/h3,5-9,17,21-22H,1,4,10H2,2H3/b12-7+. The van der Waals surface area contributed by atoms with Crippen molar-refractivity contribution in [3.8, 4) is 0 Å². The Morgan fingerprint density at radius 3 is 2.83 bits per heavy atom. The molecule has 0 aliphatic carbocycles. The number of nitrogens with zero attached hydrogens (tertiary/aromatic N) is 1. The second-order valence-electron chi connectivity index (χ2n) is 5.09. The van der Waals surface area contributed by atoms with Crippen LogP contribution in [-0.2, 0) is 0 Å². The largest absolute Gasteiger partial charge is 0.393 e. The molecule has 0 spiro atoms. The Hall–Kier alpha value is -2.01. The fourth-order valence-electron chi connectivity index (χ4n) is 2.36. The topological polar surface area (TPSA) is 70.4 Å². The second-order valence-corrected chi connectivity index (χ2v) is 5.53. The van der Waals surface area contributed by atoms with Crippen molar-refractivity contribution in [2.24, 2.45) is 0 Å². The van der Waals surface area contributed by atoms with Gasteiger partial charge in [-0.3, -0.25) is 9.78 Å². The Kier molecular flexibility index (Phi) is 5.66. The van der Waals surface area contributed by atoms with Gasteiger partial charge in [-0.25, -0.2) is 0 Å². The quantitative estimate of drug-likeness (QED) is 0.883. The van der Waals surface area contributed by atoms with Crippen LogP contribution in [0.1, 0.15) is 24.5 Å². The maximum atomic E-state index is 12.9. The van der Waals surface area contributed by atoms with Crippen molar-refractivity contribution < 1.29 is 10.2 Å². The van der Waals surface area contributed by atoms with Gasteiger partial charge in [-0.1, -0.05) is 37.2 Å². The summed E-state index contributed by atoms with van der Waals surface area (Å²) in [5.41, 5.74) is 1.87. The van der Waals surface area contributed by atoms with Crippen molar-refractivity contribution in [3.63, 3.8) is 0 Å². The molecule has 0 amide bonds. The summed E-state index contributed by atoms with van der Waals surface area (Å²) in [5, 5.41) is 19.8. The summed E-state index contributed by atoms with van der Waals surface area (Å²) in [4.78, 5) is 17.1. The molecule has 1 aromatic carbocycles. The van der Waals surface area contributed by atoms with Gasteiger partial charge in [0.25, 0.3) is 0 Å². The highest BCUT2D eigenvalue weighted by atomic mass is 35.5. The molecule has 0 radical (unpaired) electrons. The summed E-state index contributed by atoms with van der Waals surface area (Å²) in [7, 11) is 0. The van der Waals surface area contributed by atoms with Crippen LogP contribution < -0.4 is 5.43 Å².